The van der Waals surface area contributed by atoms with Crippen LogP contribution in [0.5, 0.6) is 0 Å². The van der Waals surface area contributed by atoms with Crippen LogP contribution >= 0.6 is 0 Å². The summed E-state index contributed by atoms with van der Waals surface area (Å²) in [4.78, 5) is 12.0. The predicted octanol–water partition coefficient (Wildman–Crippen LogP) is 3.27. The number of carbonyl (C=O) groups is 1. The summed E-state index contributed by atoms with van der Waals surface area (Å²) in [6.45, 7) is 3.32. The van der Waals surface area contributed by atoms with Gasteiger partial charge in [-0.1, -0.05) is 6.92 Å². The Morgan fingerprint density at radius 1 is 1.38 bits per heavy atom. The van der Waals surface area contributed by atoms with Crippen LogP contribution < -0.4 is 10.6 Å². The van der Waals surface area contributed by atoms with Crippen LogP contribution in [0.1, 0.15) is 25.3 Å². The largest absolute Gasteiger partial charge is 0.416 e. The maximum Gasteiger partial charge on any atom is 0.416 e. The molecular weight excluding hydrogens is 325 g/mol. The predicted molar refractivity (Wildman–Crippen MR) is 84.0 cm³/mol. The number of amides is 1. The second-order valence-corrected chi connectivity index (χ2v) is 5.53. The summed E-state index contributed by atoms with van der Waals surface area (Å²) in [5.74, 6) is -0.499. The van der Waals surface area contributed by atoms with E-state index in [-0.39, 0.29) is 18.4 Å². The van der Waals surface area contributed by atoms with E-state index in [2.05, 4.69) is 10.6 Å². The number of halogens is 3. The third-order valence-corrected chi connectivity index (χ3v) is 3.52. The monoisotopic (exact) mass is 346 g/mol. The number of benzene rings is 1. The summed E-state index contributed by atoms with van der Waals surface area (Å²) in [7, 11) is 0. The van der Waals surface area contributed by atoms with Crippen molar-refractivity contribution in [2.75, 3.05) is 37.0 Å². The van der Waals surface area contributed by atoms with Gasteiger partial charge in [0.05, 0.1) is 29.6 Å². The van der Waals surface area contributed by atoms with Crippen LogP contribution in [0.2, 0.25) is 0 Å². The Morgan fingerprint density at radius 3 is 2.79 bits per heavy atom. The van der Waals surface area contributed by atoms with Gasteiger partial charge in [-0.15, -0.1) is 0 Å². The highest BCUT2D eigenvalue weighted by molar-refractivity contribution is 5.95. The fraction of sp³-hybridized carbons (Fsp3) is 0.562. The van der Waals surface area contributed by atoms with Crippen molar-refractivity contribution in [3.8, 4) is 0 Å². The topological polar surface area (TPSA) is 59.6 Å². The number of nitrogens with one attached hydrogen (secondary N) is 2. The Kier molecular flexibility index (Phi) is 6.44. The quantitative estimate of drug-likeness (QED) is 0.796. The van der Waals surface area contributed by atoms with Gasteiger partial charge in [0.25, 0.3) is 0 Å². The molecule has 1 fully saturated rings. The molecule has 1 aromatic carbocycles. The average Bonchev–Trinajstić information content (AvgIpc) is 3.04. The Hall–Kier alpha value is -1.80. The summed E-state index contributed by atoms with van der Waals surface area (Å²) in [5.41, 5.74) is -0.276. The normalized spacial score (nSPS) is 17.8. The van der Waals surface area contributed by atoms with Gasteiger partial charge in [-0.05, 0) is 31.0 Å². The van der Waals surface area contributed by atoms with Crippen LogP contribution in [0, 0.1) is 0 Å². The van der Waals surface area contributed by atoms with E-state index < -0.39 is 17.6 Å². The molecule has 1 heterocycles. The van der Waals surface area contributed by atoms with E-state index in [1.165, 1.54) is 6.07 Å². The first-order chi connectivity index (χ1) is 11.4. The molecule has 0 aliphatic carbocycles. The molecular formula is C16H21F3N2O3. The van der Waals surface area contributed by atoms with Gasteiger partial charge in [0.2, 0.25) is 5.91 Å². The highest BCUT2D eigenvalue weighted by atomic mass is 19.4. The van der Waals surface area contributed by atoms with E-state index in [0.717, 1.165) is 18.6 Å². The Morgan fingerprint density at radius 2 is 2.17 bits per heavy atom. The maximum absolute atomic E-state index is 12.9. The standard InChI is InChI=1S/C16H21F3N2O3/c1-2-6-20-13-4-3-11(16(17,18)19)8-14(13)21-15(22)10-24-12-5-7-23-9-12/h3-4,8,12,20H,2,5-7,9-10H2,1H3,(H,21,22). The minimum absolute atomic E-state index is 0.0922. The smallest absolute Gasteiger partial charge is 0.383 e. The third-order valence-electron chi connectivity index (χ3n) is 3.52. The van der Waals surface area contributed by atoms with Crippen LogP contribution in [-0.2, 0) is 20.4 Å². The van der Waals surface area contributed by atoms with Crippen molar-refractivity contribution in [2.24, 2.45) is 0 Å². The first kappa shape index (κ1) is 18.5. The van der Waals surface area contributed by atoms with Gasteiger partial charge in [0.15, 0.2) is 0 Å². The first-order valence-corrected chi connectivity index (χ1v) is 7.84. The second-order valence-electron chi connectivity index (χ2n) is 5.53. The van der Waals surface area contributed by atoms with Crippen molar-refractivity contribution in [3.05, 3.63) is 23.8 Å². The highest BCUT2D eigenvalue weighted by Crippen LogP contribution is 2.34. The van der Waals surface area contributed by atoms with Crippen LogP contribution in [-0.4, -0.2) is 38.4 Å². The van der Waals surface area contributed by atoms with Crippen molar-refractivity contribution in [1.29, 1.82) is 0 Å². The van der Waals surface area contributed by atoms with E-state index in [1.54, 1.807) is 0 Å². The van der Waals surface area contributed by atoms with Crippen LogP contribution in [0.4, 0.5) is 24.5 Å². The summed E-state index contributed by atoms with van der Waals surface area (Å²) < 4.78 is 49.1. The zero-order valence-corrected chi connectivity index (χ0v) is 13.4. The number of ether oxygens (including phenoxy) is 2. The van der Waals surface area contributed by atoms with Gasteiger partial charge in [0.1, 0.15) is 6.61 Å². The lowest BCUT2D eigenvalue weighted by atomic mass is 10.1. The number of hydrogen-bond acceptors (Lipinski definition) is 4. The number of hydrogen-bond donors (Lipinski definition) is 2. The Balaban J connectivity index is 2.04. The van der Waals surface area contributed by atoms with E-state index in [1.807, 2.05) is 6.92 Å². The van der Waals surface area contributed by atoms with Crippen molar-refractivity contribution < 1.29 is 27.4 Å². The number of carbonyl (C=O) groups excluding carboxylic acids is 1. The summed E-state index contributed by atoms with van der Waals surface area (Å²) in [6.07, 6.45) is -3.10. The maximum atomic E-state index is 12.9. The molecule has 134 valence electrons. The molecule has 1 atom stereocenters. The molecule has 0 aromatic heterocycles. The SMILES string of the molecule is CCCNc1ccc(C(F)(F)F)cc1NC(=O)COC1CCOC1. The number of anilines is 2. The average molecular weight is 346 g/mol. The molecule has 24 heavy (non-hydrogen) atoms. The fourth-order valence-electron chi connectivity index (χ4n) is 2.26. The lowest BCUT2D eigenvalue weighted by molar-refractivity contribution is -0.137. The van der Waals surface area contributed by atoms with Gasteiger partial charge < -0.3 is 20.1 Å². The summed E-state index contributed by atoms with van der Waals surface area (Å²) in [6, 6.07) is 3.23. The second kappa shape index (κ2) is 8.34. The van der Waals surface area contributed by atoms with Gasteiger partial charge in [-0.3, -0.25) is 4.79 Å². The van der Waals surface area contributed by atoms with Crippen LogP contribution in [0.25, 0.3) is 0 Å². The molecule has 1 aliphatic heterocycles. The van der Waals surface area contributed by atoms with Crippen molar-refractivity contribution in [2.45, 2.75) is 32.0 Å². The molecule has 1 amide bonds. The molecule has 0 bridgehead atoms. The Bertz CT molecular complexity index is 558. The van der Waals surface area contributed by atoms with Crippen molar-refractivity contribution in [1.82, 2.24) is 0 Å². The Labute approximate surface area is 138 Å². The van der Waals surface area contributed by atoms with E-state index >= 15 is 0 Å². The molecule has 1 saturated heterocycles. The van der Waals surface area contributed by atoms with E-state index in [0.29, 0.717) is 31.9 Å². The molecule has 5 nitrogen and oxygen atoms in total. The minimum Gasteiger partial charge on any atom is -0.383 e. The van der Waals surface area contributed by atoms with Crippen molar-refractivity contribution in [3.63, 3.8) is 0 Å². The van der Waals surface area contributed by atoms with Crippen LogP contribution in [0.3, 0.4) is 0 Å². The molecule has 2 rings (SSSR count). The zero-order valence-electron chi connectivity index (χ0n) is 13.4. The fourth-order valence-corrected chi connectivity index (χ4v) is 2.26. The van der Waals surface area contributed by atoms with Gasteiger partial charge >= 0.3 is 6.18 Å². The van der Waals surface area contributed by atoms with Gasteiger partial charge in [-0.25, -0.2) is 0 Å². The molecule has 8 heteroatoms. The van der Waals surface area contributed by atoms with Gasteiger partial charge in [0, 0.05) is 13.2 Å². The zero-order chi connectivity index (χ0) is 17.6. The summed E-state index contributed by atoms with van der Waals surface area (Å²) in [5, 5.41) is 5.49. The molecule has 0 saturated carbocycles. The molecule has 1 unspecified atom stereocenters. The summed E-state index contributed by atoms with van der Waals surface area (Å²) >= 11 is 0. The van der Waals surface area contributed by atoms with E-state index in [9.17, 15) is 18.0 Å². The van der Waals surface area contributed by atoms with E-state index in [4.69, 9.17) is 9.47 Å². The van der Waals surface area contributed by atoms with Gasteiger partial charge in [-0.2, -0.15) is 13.2 Å². The molecule has 1 aliphatic rings. The minimum atomic E-state index is -4.47. The highest BCUT2D eigenvalue weighted by Gasteiger charge is 2.31. The molecule has 0 spiro atoms. The van der Waals surface area contributed by atoms with Crippen molar-refractivity contribution >= 4 is 17.3 Å². The lowest BCUT2D eigenvalue weighted by Gasteiger charge is -2.16. The first-order valence-electron chi connectivity index (χ1n) is 7.84. The van der Waals surface area contributed by atoms with Crippen LogP contribution in [0.15, 0.2) is 18.2 Å². The number of rotatable bonds is 7. The third kappa shape index (κ3) is 5.38. The molecule has 0 radical (unpaired) electrons. The lowest BCUT2D eigenvalue weighted by Crippen LogP contribution is -2.24. The molecule has 2 N–H and O–H groups in total. The number of alkyl halides is 3. The molecule has 1 aromatic rings.